The molecular weight excluding hydrogens is 194 g/mol. The Morgan fingerprint density at radius 1 is 1.50 bits per heavy atom. The van der Waals surface area contributed by atoms with E-state index in [9.17, 15) is 0 Å². The van der Waals surface area contributed by atoms with Crippen molar-refractivity contribution in [2.75, 3.05) is 32.1 Å². The van der Waals surface area contributed by atoms with Gasteiger partial charge < -0.3 is 10.6 Å². The van der Waals surface area contributed by atoms with E-state index in [4.69, 9.17) is 5.73 Å². The first-order valence-electron chi connectivity index (χ1n) is 4.67. The zero-order valence-electron chi connectivity index (χ0n) is 8.73. The Hall–Kier alpha value is -0.740. The second kappa shape index (κ2) is 5.88. The molecule has 2 N–H and O–H groups in total. The number of hydrogen-bond donors (Lipinski definition) is 1. The summed E-state index contributed by atoms with van der Waals surface area (Å²) in [5.41, 5.74) is 6.55. The highest BCUT2D eigenvalue weighted by molar-refractivity contribution is 7.99. The summed E-state index contributed by atoms with van der Waals surface area (Å²) in [5.74, 6) is 1.10. The highest BCUT2D eigenvalue weighted by Crippen LogP contribution is 2.23. The molecule has 0 amide bonds. The third-order valence-corrected chi connectivity index (χ3v) is 2.99. The van der Waals surface area contributed by atoms with E-state index in [-0.39, 0.29) is 0 Å². The summed E-state index contributed by atoms with van der Waals surface area (Å²) in [6.07, 6.45) is 4.67. The summed E-state index contributed by atoms with van der Waals surface area (Å²) in [4.78, 5) is 7.28. The van der Waals surface area contributed by atoms with Crippen molar-refractivity contribution in [2.45, 2.75) is 11.3 Å². The highest BCUT2D eigenvalue weighted by Gasteiger charge is 1.98. The van der Waals surface area contributed by atoms with Gasteiger partial charge in [-0.25, -0.2) is 0 Å². The molecule has 0 saturated heterocycles. The smallest absolute Gasteiger partial charge is 0.0638 e. The number of nitrogens with zero attached hydrogens (tertiary/aromatic N) is 2. The van der Waals surface area contributed by atoms with Gasteiger partial charge in [-0.05, 0) is 38.9 Å². The van der Waals surface area contributed by atoms with Crippen LogP contribution >= 0.6 is 11.8 Å². The van der Waals surface area contributed by atoms with Gasteiger partial charge in [0.1, 0.15) is 0 Å². The number of rotatable bonds is 5. The molecule has 0 radical (unpaired) electrons. The fourth-order valence-electron chi connectivity index (χ4n) is 1.09. The summed E-state index contributed by atoms with van der Waals surface area (Å²) < 4.78 is 0. The minimum absolute atomic E-state index is 0.780. The quantitative estimate of drug-likeness (QED) is 0.594. The van der Waals surface area contributed by atoms with E-state index in [1.54, 1.807) is 24.2 Å². The molecule has 0 atom stereocenters. The lowest BCUT2D eigenvalue weighted by Gasteiger charge is -2.09. The van der Waals surface area contributed by atoms with Crippen LogP contribution in [0, 0.1) is 0 Å². The Morgan fingerprint density at radius 2 is 2.29 bits per heavy atom. The first kappa shape index (κ1) is 11.3. The molecule has 1 heterocycles. The van der Waals surface area contributed by atoms with E-state index in [1.807, 2.05) is 6.07 Å². The monoisotopic (exact) mass is 211 g/mol. The lowest BCUT2D eigenvalue weighted by molar-refractivity contribution is 0.410. The Kier molecular flexibility index (Phi) is 4.76. The maximum absolute atomic E-state index is 5.77. The van der Waals surface area contributed by atoms with Gasteiger partial charge in [-0.2, -0.15) is 0 Å². The molecule has 4 heteroatoms. The Labute approximate surface area is 89.7 Å². The molecule has 14 heavy (non-hydrogen) atoms. The number of anilines is 1. The van der Waals surface area contributed by atoms with Gasteiger partial charge in [0.15, 0.2) is 0 Å². The van der Waals surface area contributed by atoms with E-state index in [0.717, 1.165) is 22.9 Å². The first-order chi connectivity index (χ1) is 6.70. The topological polar surface area (TPSA) is 42.2 Å². The summed E-state index contributed by atoms with van der Waals surface area (Å²) >= 11 is 1.80. The van der Waals surface area contributed by atoms with Crippen LogP contribution in [0.4, 0.5) is 5.69 Å². The van der Waals surface area contributed by atoms with Crippen molar-refractivity contribution in [1.29, 1.82) is 0 Å². The van der Waals surface area contributed by atoms with Crippen LogP contribution in [0.15, 0.2) is 23.4 Å². The molecule has 1 aromatic rings. The largest absolute Gasteiger partial charge is 0.397 e. The fraction of sp³-hybridized carbons (Fsp3) is 0.500. The number of hydrogen-bond acceptors (Lipinski definition) is 4. The van der Waals surface area contributed by atoms with Crippen molar-refractivity contribution in [1.82, 2.24) is 9.88 Å². The molecule has 0 unspecified atom stereocenters. The molecule has 1 aromatic heterocycles. The number of nitrogens with two attached hydrogens (primary N) is 1. The first-order valence-corrected chi connectivity index (χ1v) is 5.65. The maximum Gasteiger partial charge on any atom is 0.0638 e. The lowest BCUT2D eigenvalue weighted by atomic mass is 10.4. The average molecular weight is 211 g/mol. The van der Waals surface area contributed by atoms with E-state index in [1.165, 1.54) is 6.42 Å². The normalized spacial score (nSPS) is 10.8. The Bertz CT molecular complexity index is 276. The van der Waals surface area contributed by atoms with Crippen molar-refractivity contribution >= 4 is 17.4 Å². The van der Waals surface area contributed by atoms with Gasteiger partial charge in [0.2, 0.25) is 0 Å². The van der Waals surface area contributed by atoms with Crippen LogP contribution in [-0.4, -0.2) is 36.3 Å². The van der Waals surface area contributed by atoms with Crippen LogP contribution in [0.25, 0.3) is 0 Å². The molecule has 1 rings (SSSR count). The molecule has 0 saturated carbocycles. The molecule has 0 aromatic carbocycles. The van der Waals surface area contributed by atoms with Crippen molar-refractivity contribution < 1.29 is 0 Å². The number of nitrogen functional groups attached to an aromatic ring is 1. The van der Waals surface area contributed by atoms with Crippen LogP contribution in [0.5, 0.6) is 0 Å². The third kappa shape index (κ3) is 3.98. The summed E-state index contributed by atoms with van der Waals surface area (Å²) in [6.45, 7) is 1.12. The predicted octanol–water partition coefficient (Wildman–Crippen LogP) is 1.71. The number of aromatic nitrogens is 1. The fourth-order valence-corrected chi connectivity index (χ4v) is 1.96. The van der Waals surface area contributed by atoms with Crippen molar-refractivity contribution in [2.24, 2.45) is 0 Å². The van der Waals surface area contributed by atoms with Crippen LogP contribution in [0.3, 0.4) is 0 Å². The van der Waals surface area contributed by atoms with Crippen molar-refractivity contribution in [3.8, 4) is 0 Å². The Balaban J connectivity index is 2.28. The van der Waals surface area contributed by atoms with E-state index < -0.39 is 0 Å². The van der Waals surface area contributed by atoms with Gasteiger partial charge in [0.25, 0.3) is 0 Å². The Morgan fingerprint density at radius 3 is 2.93 bits per heavy atom. The zero-order valence-corrected chi connectivity index (χ0v) is 9.55. The van der Waals surface area contributed by atoms with Gasteiger partial charge in [-0.3, -0.25) is 4.98 Å². The van der Waals surface area contributed by atoms with E-state index in [0.29, 0.717) is 0 Å². The summed E-state index contributed by atoms with van der Waals surface area (Å²) in [6, 6.07) is 1.97. The van der Waals surface area contributed by atoms with Crippen LogP contribution < -0.4 is 5.73 Å². The van der Waals surface area contributed by atoms with Gasteiger partial charge >= 0.3 is 0 Å². The van der Waals surface area contributed by atoms with Crippen LogP contribution in [0.2, 0.25) is 0 Å². The minimum atomic E-state index is 0.780. The van der Waals surface area contributed by atoms with Gasteiger partial charge in [-0.15, -0.1) is 11.8 Å². The highest BCUT2D eigenvalue weighted by atomic mass is 32.2. The van der Waals surface area contributed by atoms with Gasteiger partial charge in [0, 0.05) is 11.1 Å². The number of pyridine rings is 1. The second-order valence-corrected chi connectivity index (χ2v) is 4.56. The van der Waals surface area contributed by atoms with Crippen molar-refractivity contribution in [3.63, 3.8) is 0 Å². The SMILES string of the molecule is CN(C)CCCSc1ccncc1N. The molecule has 0 aliphatic carbocycles. The lowest BCUT2D eigenvalue weighted by Crippen LogP contribution is -2.13. The van der Waals surface area contributed by atoms with E-state index in [2.05, 4.69) is 24.0 Å². The van der Waals surface area contributed by atoms with Gasteiger partial charge in [-0.1, -0.05) is 0 Å². The molecule has 78 valence electrons. The van der Waals surface area contributed by atoms with E-state index >= 15 is 0 Å². The molecule has 0 bridgehead atoms. The van der Waals surface area contributed by atoms with Crippen molar-refractivity contribution in [3.05, 3.63) is 18.5 Å². The molecule has 0 aliphatic rings. The number of thioether (sulfide) groups is 1. The summed E-state index contributed by atoms with van der Waals surface area (Å²) in [7, 11) is 4.18. The van der Waals surface area contributed by atoms with Gasteiger partial charge in [0.05, 0.1) is 11.9 Å². The molecule has 3 nitrogen and oxygen atoms in total. The van der Waals surface area contributed by atoms with Crippen LogP contribution in [-0.2, 0) is 0 Å². The summed E-state index contributed by atoms with van der Waals surface area (Å²) in [5, 5.41) is 0. The minimum Gasteiger partial charge on any atom is -0.397 e. The van der Waals surface area contributed by atoms with Crippen LogP contribution in [0.1, 0.15) is 6.42 Å². The molecule has 0 fully saturated rings. The zero-order chi connectivity index (χ0) is 10.4. The third-order valence-electron chi connectivity index (χ3n) is 1.82. The molecular formula is C10H17N3S. The molecule has 0 aliphatic heterocycles. The maximum atomic E-state index is 5.77. The average Bonchev–Trinajstić information content (AvgIpc) is 2.15. The predicted molar refractivity (Wildman–Crippen MR) is 62.5 cm³/mol. The second-order valence-electron chi connectivity index (χ2n) is 3.42. The molecule has 0 spiro atoms. The standard InChI is InChI=1S/C10H17N3S/c1-13(2)6-3-7-14-10-4-5-12-8-9(10)11/h4-5,8H,3,6-7,11H2,1-2H3.